The molecular weight excluding hydrogens is 204 g/mol. The van der Waals surface area contributed by atoms with Crippen molar-refractivity contribution in [3.05, 3.63) is 0 Å². The first-order chi connectivity index (χ1) is 7.45. The molecule has 0 radical (unpaired) electrons. The summed E-state index contributed by atoms with van der Waals surface area (Å²) in [6.07, 6.45) is 5.74. The topological polar surface area (TPSA) is 92.5 Å². The third kappa shape index (κ3) is 2.12. The molecular formula is C12H24N2O2. The van der Waals surface area contributed by atoms with Crippen LogP contribution in [-0.4, -0.2) is 33.5 Å². The number of hydrogen-bond donors (Lipinski definition) is 4. The molecule has 0 spiro atoms. The molecule has 0 unspecified atom stereocenters. The van der Waals surface area contributed by atoms with Crippen molar-refractivity contribution in [1.82, 2.24) is 0 Å². The molecule has 0 aliphatic heterocycles. The minimum absolute atomic E-state index is 0.190. The maximum Gasteiger partial charge on any atom is 0.0934 e. The van der Waals surface area contributed by atoms with Crippen molar-refractivity contribution < 1.29 is 10.2 Å². The Morgan fingerprint density at radius 3 is 1.19 bits per heavy atom. The van der Waals surface area contributed by atoms with E-state index in [0.29, 0.717) is 25.7 Å². The van der Waals surface area contributed by atoms with E-state index < -0.39 is 11.2 Å². The van der Waals surface area contributed by atoms with Gasteiger partial charge in [0.2, 0.25) is 0 Å². The molecule has 0 atom stereocenters. The zero-order chi connectivity index (χ0) is 11.8. The van der Waals surface area contributed by atoms with Crippen molar-refractivity contribution in [2.75, 3.05) is 0 Å². The minimum Gasteiger partial charge on any atom is -0.387 e. The highest BCUT2D eigenvalue weighted by Crippen LogP contribution is 2.44. The summed E-state index contributed by atoms with van der Waals surface area (Å²) in [6.45, 7) is 0. The molecule has 2 fully saturated rings. The van der Waals surface area contributed by atoms with Crippen molar-refractivity contribution in [3.8, 4) is 0 Å². The molecule has 2 saturated carbocycles. The third-order valence-corrected chi connectivity index (χ3v) is 4.58. The molecule has 94 valence electrons. The van der Waals surface area contributed by atoms with Crippen molar-refractivity contribution in [2.24, 2.45) is 11.5 Å². The van der Waals surface area contributed by atoms with Crippen LogP contribution in [0.15, 0.2) is 0 Å². The molecule has 2 aliphatic carbocycles. The maximum absolute atomic E-state index is 10.6. The van der Waals surface area contributed by atoms with Crippen LogP contribution in [0.5, 0.6) is 0 Å². The summed E-state index contributed by atoms with van der Waals surface area (Å²) in [5.74, 6) is 0. The van der Waals surface area contributed by atoms with Crippen LogP contribution in [0.3, 0.4) is 0 Å². The summed E-state index contributed by atoms with van der Waals surface area (Å²) in [4.78, 5) is 0. The molecule has 0 amide bonds. The summed E-state index contributed by atoms with van der Waals surface area (Å²) in [5, 5.41) is 21.2. The molecule has 0 aromatic rings. The van der Waals surface area contributed by atoms with Crippen LogP contribution in [0.2, 0.25) is 0 Å². The smallest absolute Gasteiger partial charge is 0.0934 e. The second-order valence-electron chi connectivity index (χ2n) is 5.74. The van der Waals surface area contributed by atoms with Crippen LogP contribution < -0.4 is 11.5 Å². The van der Waals surface area contributed by atoms with Gasteiger partial charge in [0.1, 0.15) is 0 Å². The van der Waals surface area contributed by atoms with Gasteiger partial charge in [-0.15, -0.1) is 0 Å². The molecule has 0 saturated heterocycles. The lowest BCUT2D eigenvalue weighted by molar-refractivity contribution is -0.184. The summed E-state index contributed by atoms with van der Waals surface area (Å²) >= 11 is 0. The van der Waals surface area contributed by atoms with Crippen LogP contribution in [0, 0.1) is 0 Å². The molecule has 16 heavy (non-hydrogen) atoms. The van der Waals surface area contributed by atoms with E-state index in [1.807, 2.05) is 0 Å². The van der Waals surface area contributed by atoms with Gasteiger partial charge in [0.15, 0.2) is 0 Å². The average Bonchev–Trinajstić information content (AvgIpc) is 2.27. The highest BCUT2D eigenvalue weighted by molar-refractivity contribution is 5.05. The monoisotopic (exact) mass is 228 g/mol. The number of nitrogens with two attached hydrogens (primary N) is 2. The molecule has 0 aromatic heterocycles. The average molecular weight is 228 g/mol. The lowest BCUT2D eigenvalue weighted by atomic mass is 9.65. The van der Waals surface area contributed by atoms with Gasteiger partial charge in [0.25, 0.3) is 0 Å². The first-order valence-corrected chi connectivity index (χ1v) is 6.41. The number of rotatable bonds is 1. The van der Waals surface area contributed by atoms with Gasteiger partial charge >= 0.3 is 0 Å². The summed E-state index contributed by atoms with van der Waals surface area (Å²) < 4.78 is 0. The Kier molecular flexibility index (Phi) is 3.27. The predicted octanol–water partition coefficient (Wildman–Crippen LogP) is 0.251. The molecule has 0 heterocycles. The number of hydrogen-bond acceptors (Lipinski definition) is 4. The van der Waals surface area contributed by atoms with Gasteiger partial charge in [-0.2, -0.15) is 0 Å². The van der Waals surface area contributed by atoms with E-state index in [-0.39, 0.29) is 12.1 Å². The largest absolute Gasteiger partial charge is 0.387 e. The van der Waals surface area contributed by atoms with E-state index in [9.17, 15) is 10.2 Å². The molecule has 4 heteroatoms. The van der Waals surface area contributed by atoms with E-state index in [1.165, 1.54) is 0 Å². The summed E-state index contributed by atoms with van der Waals surface area (Å²) in [5.41, 5.74) is 9.82. The zero-order valence-corrected chi connectivity index (χ0v) is 9.86. The van der Waals surface area contributed by atoms with E-state index in [0.717, 1.165) is 25.7 Å². The third-order valence-electron chi connectivity index (χ3n) is 4.58. The van der Waals surface area contributed by atoms with Crippen LogP contribution >= 0.6 is 0 Å². The Morgan fingerprint density at radius 1 is 0.688 bits per heavy atom. The van der Waals surface area contributed by atoms with E-state index >= 15 is 0 Å². The molecule has 0 bridgehead atoms. The Morgan fingerprint density at radius 2 is 0.938 bits per heavy atom. The van der Waals surface area contributed by atoms with Gasteiger partial charge in [0, 0.05) is 12.1 Å². The minimum atomic E-state index is -0.928. The SMILES string of the molecule is NC1CCC(O)(C2(O)CCC(N)CC2)CC1. The highest BCUT2D eigenvalue weighted by atomic mass is 16.4. The summed E-state index contributed by atoms with van der Waals surface area (Å²) in [6, 6.07) is 0.379. The molecule has 0 aromatic carbocycles. The first-order valence-electron chi connectivity index (χ1n) is 6.41. The fourth-order valence-electron chi connectivity index (χ4n) is 3.17. The normalized spacial score (nSPS) is 50.2. The van der Waals surface area contributed by atoms with Gasteiger partial charge in [-0.25, -0.2) is 0 Å². The van der Waals surface area contributed by atoms with E-state index in [2.05, 4.69) is 0 Å². The van der Waals surface area contributed by atoms with Gasteiger partial charge in [-0.1, -0.05) is 0 Å². The second-order valence-corrected chi connectivity index (χ2v) is 5.74. The lowest BCUT2D eigenvalue weighted by Crippen LogP contribution is -2.59. The molecule has 4 nitrogen and oxygen atoms in total. The predicted molar refractivity (Wildman–Crippen MR) is 62.8 cm³/mol. The van der Waals surface area contributed by atoms with Crippen molar-refractivity contribution >= 4 is 0 Å². The molecule has 6 N–H and O–H groups in total. The van der Waals surface area contributed by atoms with Crippen molar-refractivity contribution in [3.63, 3.8) is 0 Å². The van der Waals surface area contributed by atoms with Gasteiger partial charge < -0.3 is 21.7 Å². The van der Waals surface area contributed by atoms with Gasteiger partial charge in [0.05, 0.1) is 11.2 Å². The summed E-state index contributed by atoms with van der Waals surface area (Å²) in [7, 11) is 0. The fourth-order valence-corrected chi connectivity index (χ4v) is 3.17. The van der Waals surface area contributed by atoms with Gasteiger partial charge in [-0.3, -0.25) is 0 Å². The van der Waals surface area contributed by atoms with Gasteiger partial charge in [-0.05, 0) is 51.4 Å². The number of aliphatic hydroxyl groups is 2. The zero-order valence-electron chi connectivity index (χ0n) is 9.86. The van der Waals surface area contributed by atoms with E-state index in [4.69, 9.17) is 11.5 Å². The highest BCUT2D eigenvalue weighted by Gasteiger charge is 2.51. The van der Waals surface area contributed by atoms with E-state index in [1.54, 1.807) is 0 Å². The molecule has 2 aliphatic rings. The maximum atomic E-state index is 10.6. The lowest BCUT2D eigenvalue weighted by Gasteiger charge is -2.49. The van der Waals surface area contributed by atoms with Crippen molar-refractivity contribution in [1.29, 1.82) is 0 Å². The Balaban J connectivity index is 2.04. The van der Waals surface area contributed by atoms with Crippen LogP contribution in [0.1, 0.15) is 51.4 Å². The Labute approximate surface area is 97.0 Å². The Hall–Kier alpha value is -0.160. The quantitative estimate of drug-likeness (QED) is 0.517. The van der Waals surface area contributed by atoms with Crippen LogP contribution in [0.25, 0.3) is 0 Å². The fraction of sp³-hybridized carbons (Fsp3) is 1.00. The molecule has 2 rings (SSSR count). The second kappa shape index (κ2) is 4.26. The van der Waals surface area contributed by atoms with Crippen LogP contribution in [-0.2, 0) is 0 Å². The first kappa shape index (κ1) is 12.3. The van der Waals surface area contributed by atoms with Crippen LogP contribution in [0.4, 0.5) is 0 Å². The Bertz CT molecular complexity index is 215. The standard InChI is InChI=1S/C12H24N2O2/c13-9-1-5-11(15,6-2-9)12(16)7-3-10(14)4-8-12/h9-10,15-16H,1-8,13-14H2. The van der Waals surface area contributed by atoms with Crippen molar-refractivity contribution in [2.45, 2.75) is 74.7 Å².